The smallest absolute Gasteiger partial charge is 0.339 e. The minimum Gasteiger partial charge on any atom is -0.465 e. The Morgan fingerprint density at radius 1 is 0.733 bits per heavy atom. The fourth-order valence-electron chi connectivity index (χ4n) is 3.14. The number of rotatable bonds is 5. The largest absolute Gasteiger partial charge is 0.465 e. The highest BCUT2D eigenvalue weighted by Crippen LogP contribution is 2.26. The maximum absolute atomic E-state index is 12.7. The van der Waals surface area contributed by atoms with Gasteiger partial charge in [0, 0.05) is 5.56 Å². The van der Waals surface area contributed by atoms with Crippen LogP contribution in [-0.4, -0.2) is 19.0 Å². The van der Waals surface area contributed by atoms with Crippen LogP contribution in [0.25, 0.3) is 10.8 Å². The number of nitrogens with one attached hydrogen (secondary N) is 1. The van der Waals surface area contributed by atoms with Gasteiger partial charge in [-0.25, -0.2) is 4.79 Å². The first-order valence-electron chi connectivity index (χ1n) is 9.39. The lowest BCUT2D eigenvalue weighted by Gasteiger charge is -2.11. The van der Waals surface area contributed by atoms with Gasteiger partial charge in [0.2, 0.25) is 0 Å². The lowest BCUT2D eigenvalue weighted by Crippen LogP contribution is -2.15. The molecule has 0 spiro atoms. The van der Waals surface area contributed by atoms with Crippen molar-refractivity contribution < 1.29 is 19.1 Å². The SMILES string of the molecule is COC(=O)c1ccccc1NC(=O)c1cccc(Oc2ccc3ccccc3c2)c1. The van der Waals surface area contributed by atoms with E-state index in [0.717, 1.165) is 10.8 Å². The Morgan fingerprint density at radius 2 is 1.47 bits per heavy atom. The average molecular weight is 397 g/mol. The van der Waals surface area contributed by atoms with Gasteiger partial charge in [-0.15, -0.1) is 0 Å². The molecule has 0 radical (unpaired) electrons. The molecule has 0 heterocycles. The van der Waals surface area contributed by atoms with E-state index in [1.54, 1.807) is 48.5 Å². The third-order valence-electron chi connectivity index (χ3n) is 4.63. The summed E-state index contributed by atoms with van der Waals surface area (Å²) < 4.78 is 10.7. The van der Waals surface area contributed by atoms with Gasteiger partial charge in [-0.05, 0) is 53.2 Å². The van der Waals surface area contributed by atoms with Gasteiger partial charge in [0.15, 0.2) is 0 Å². The van der Waals surface area contributed by atoms with Crippen LogP contribution in [0, 0.1) is 0 Å². The highest BCUT2D eigenvalue weighted by atomic mass is 16.5. The molecule has 5 nitrogen and oxygen atoms in total. The molecule has 0 aliphatic rings. The lowest BCUT2D eigenvalue weighted by atomic mass is 10.1. The van der Waals surface area contributed by atoms with E-state index >= 15 is 0 Å². The summed E-state index contributed by atoms with van der Waals surface area (Å²) in [6.45, 7) is 0. The molecule has 1 amide bonds. The van der Waals surface area contributed by atoms with E-state index in [1.165, 1.54) is 7.11 Å². The standard InChI is InChI=1S/C25H19NO4/c1-29-25(28)22-11-4-5-12-23(22)26-24(27)19-9-6-10-20(16-19)30-21-14-13-17-7-2-3-8-18(17)15-21/h2-16H,1H3,(H,26,27). The summed E-state index contributed by atoms with van der Waals surface area (Å²) in [7, 11) is 1.30. The zero-order valence-electron chi connectivity index (χ0n) is 16.3. The van der Waals surface area contributed by atoms with E-state index in [4.69, 9.17) is 9.47 Å². The topological polar surface area (TPSA) is 64.6 Å². The molecule has 1 N–H and O–H groups in total. The summed E-state index contributed by atoms with van der Waals surface area (Å²) in [6.07, 6.45) is 0. The zero-order valence-corrected chi connectivity index (χ0v) is 16.3. The molecule has 0 aliphatic heterocycles. The molecule has 0 atom stereocenters. The number of carbonyl (C=O) groups excluding carboxylic acids is 2. The van der Waals surface area contributed by atoms with Gasteiger partial charge in [0.05, 0.1) is 18.4 Å². The van der Waals surface area contributed by atoms with Crippen molar-refractivity contribution in [3.63, 3.8) is 0 Å². The molecule has 0 unspecified atom stereocenters. The highest BCUT2D eigenvalue weighted by molar-refractivity contribution is 6.08. The first kappa shape index (κ1) is 19.2. The predicted molar refractivity (Wildman–Crippen MR) is 116 cm³/mol. The van der Waals surface area contributed by atoms with Crippen molar-refractivity contribution in [2.45, 2.75) is 0 Å². The van der Waals surface area contributed by atoms with Crippen molar-refractivity contribution >= 4 is 28.3 Å². The van der Waals surface area contributed by atoms with Crippen molar-refractivity contribution in [1.82, 2.24) is 0 Å². The number of fused-ring (bicyclic) bond motifs is 1. The van der Waals surface area contributed by atoms with E-state index in [1.807, 2.05) is 42.5 Å². The Bertz CT molecular complexity index is 1230. The van der Waals surface area contributed by atoms with E-state index < -0.39 is 5.97 Å². The van der Waals surface area contributed by atoms with Gasteiger partial charge >= 0.3 is 5.97 Å². The van der Waals surface area contributed by atoms with Gasteiger partial charge < -0.3 is 14.8 Å². The van der Waals surface area contributed by atoms with Crippen LogP contribution in [0.2, 0.25) is 0 Å². The molecule has 4 rings (SSSR count). The van der Waals surface area contributed by atoms with Crippen LogP contribution in [0.1, 0.15) is 20.7 Å². The van der Waals surface area contributed by atoms with Gasteiger partial charge in [-0.1, -0.05) is 48.5 Å². The number of ether oxygens (including phenoxy) is 2. The number of amides is 1. The van der Waals surface area contributed by atoms with Gasteiger partial charge in [0.25, 0.3) is 5.91 Å². The number of para-hydroxylation sites is 1. The van der Waals surface area contributed by atoms with Gasteiger partial charge in [-0.2, -0.15) is 0 Å². The molecular formula is C25H19NO4. The van der Waals surface area contributed by atoms with E-state index in [2.05, 4.69) is 5.32 Å². The van der Waals surface area contributed by atoms with Crippen LogP contribution >= 0.6 is 0 Å². The Morgan fingerprint density at radius 3 is 2.30 bits per heavy atom. The summed E-state index contributed by atoms with van der Waals surface area (Å²) in [6, 6.07) is 27.4. The monoisotopic (exact) mass is 397 g/mol. The second-order valence-corrected chi connectivity index (χ2v) is 6.63. The normalized spacial score (nSPS) is 10.4. The van der Waals surface area contributed by atoms with Crippen LogP contribution in [0.4, 0.5) is 5.69 Å². The van der Waals surface area contributed by atoms with Gasteiger partial charge in [-0.3, -0.25) is 4.79 Å². The third-order valence-corrected chi connectivity index (χ3v) is 4.63. The molecule has 0 bridgehead atoms. The Hall–Kier alpha value is -4.12. The average Bonchev–Trinajstić information content (AvgIpc) is 2.79. The maximum atomic E-state index is 12.7. The zero-order chi connectivity index (χ0) is 20.9. The van der Waals surface area contributed by atoms with E-state index in [9.17, 15) is 9.59 Å². The lowest BCUT2D eigenvalue weighted by molar-refractivity contribution is 0.0602. The molecule has 0 fully saturated rings. The number of esters is 1. The second-order valence-electron chi connectivity index (χ2n) is 6.63. The molecule has 30 heavy (non-hydrogen) atoms. The summed E-state index contributed by atoms with van der Waals surface area (Å²) in [5, 5.41) is 4.96. The predicted octanol–water partition coefficient (Wildman–Crippen LogP) is 5.67. The highest BCUT2D eigenvalue weighted by Gasteiger charge is 2.14. The van der Waals surface area contributed by atoms with Crippen LogP contribution in [0.15, 0.2) is 91.0 Å². The number of hydrogen-bond acceptors (Lipinski definition) is 4. The third kappa shape index (κ3) is 4.15. The number of methoxy groups -OCH3 is 1. The molecule has 4 aromatic rings. The Balaban J connectivity index is 1.54. The maximum Gasteiger partial charge on any atom is 0.339 e. The van der Waals surface area contributed by atoms with Crippen LogP contribution < -0.4 is 10.1 Å². The second kappa shape index (κ2) is 8.49. The molecular weight excluding hydrogens is 378 g/mol. The Kier molecular flexibility index (Phi) is 5.44. The first-order chi connectivity index (χ1) is 14.6. The van der Waals surface area contributed by atoms with E-state index in [-0.39, 0.29) is 11.5 Å². The first-order valence-corrected chi connectivity index (χ1v) is 9.39. The molecule has 0 aromatic heterocycles. The van der Waals surface area contributed by atoms with Crippen LogP contribution in [-0.2, 0) is 4.74 Å². The molecule has 0 saturated heterocycles. The summed E-state index contributed by atoms with van der Waals surface area (Å²) >= 11 is 0. The van der Waals surface area contributed by atoms with E-state index in [0.29, 0.717) is 22.7 Å². The van der Waals surface area contributed by atoms with Crippen molar-refractivity contribution in [2.75, 3.05) is 12.4 Å². The number of hydrogen-bond donors (Lipinski definition) is 1. The summed E-state index contributed by atoms with van der Waals surface area (Å²) in [5.41, 5.74) is 1.08. The van der Waals surface area contributed by atoms with Crippen molar-refractivity contribution in [3.05, 3.63) is 102 Å². The fourth-order valence-corrected chi connectivity index (χ4v) is 3.14. The minimum atomic E-state index is -0.515. The van der Waals surface area contributed by atoms with Gasteiger partial charge in [0.1, 0.15) is 11.5 Å². The molecule has 148 valence electrons. The summed E-state index contributed by atoms with van der Waals surface area (Å²) in [5.74, 6) is 0.357. The summed E-state index contributed by atoms with van der Waals surface area (Å²) in [4.78, 5) is 24.6. The van der Waals surface area contributed by atoms with Crippen molar-refractivity contribution in [1.29, 1.82) is 0 Å². The quantitative estimate of drug-likeness (QED) is 0.441. The van der Waals surface area contributed by atoms with Crippen molar-refractivity contribution in [3.8, 4) is 11.5 Å². The molecule has 0 saturated carbocycles. The van der Waals surface area contributed by atoms with Crippen LogP contribution in [0.5, 0.6) is 11.5 Å². The number of carbonyl (C=O) groups is 2. The molecule has 0 aliphatic carbocycles. The Labute approximate surface area is 173 Å². The molecule has 4 aromatic carbocycles. The number of anilines is 1. The molecule has 5 heteroatoms. The minimum absolute atomic E-state index is 0.289. The van der Waals surface area contributed by atoms with Crippen molar-refractivity contribution in [2.24, 2.45) is 0 Å². The van der Waals surface area contributed by atoms with Crippen LogP contribution in [0.3, 0.4) is 0 Å². The fraction of sp³-hybridized carbons (Fsp3) is 0.0400. The number of benzene rings is 4.